The number of rotatable bonds is 4. The second-order valence-electron chi connectivity index (χ2n) is 3.82. The molecular weight excluding hydrogens is 287 g/mol. The van der Waals surface area contributed by atoms with E-state index < -0.39 is 5.97 Å². The molecule has 0 aliphatic heterocycles. The highest BCUT2D eigenvalue weighted by Gasteiger charge is 2.16. The Balaban J connectivity index is 2.25. The summed E-state index contributed by atoms with van der Waals surface area (Å²) in [5.74, 6) is -0.932. The summed E-state index contributed by atoms with van der Waals surface area (Å²) in [6.07, 6.45) is 0. The van der Waals surface area contributed by atoms with Gasteiger partial charge >= 0.3 is 5.97 Å². The van der Waals surface area contributed by atoms with Crippen LogP contribution in [0.2, 0.25) is 10.0 Å². The van der Waals surface area contributed by atoms with E-state index in [1.54, 1.807) is 0 Å². The maximum atomic E-state index is 11.0. The Hall–Kier alpha value is -1.71. The van der Waals surface area contributed by atoms with Gasteiger partial charge in [-0.15, -0.1) is 0 Å². The van der Waals surface area contributed by atoms with Crippen molar-refractivity contribution in [2.45, 2.75) is 6.61 Å². The molecule has 0 fully saturated rings. The van der Waals surface area contributed by atoms with Gasteiger partial charge in [0.15, 0.2) is 5.75 Å². The van der Waals surface area contributed by atoms with Crippen molar-refractivity contribution < 1.29 is 14.6 Å². The van der Waals surface area contributed by atoms with Gasteiger partial charge in [0.1, 0.15) is 6.61 Å². The third-order valence-electron chi connectivity index (χ3n) is 2.51. The summed E-state index contributed by atoms with van der Waals surface area (Å²) < 4.78 is 5.52. The van der Waals surface area contributed by atoms with Crippen LogP contribution < -0.4 is 4.74 Å². The minimum atomic E-state index is -1.12. The largest absolute Gasteiger partial charge is 0.486 e. The molecule has 5 heteroatoms. The van der Waals surface area contributed by atoms with E-state index in [0.29, 0.717) is 0 Å². The SMILES string of the molecule is O=C(O)c1ccc(Cl)c(OCc2ccccc2)c1Cl. The van der Waals surface area contributed by atoms with Crippen LogP contribution in [0.1, 0.15) is 15.9 Å². The highest BCUT2D eigenvalue weighted by atomic mass is 35.5. The molecule has 0 aromatic heterocycles. The maximum Gasteiger partial charge on any atom is 0.337 e. The van der Waals surface area contributed by atoms with Crippen molar-refractivity contribution in [1.29, 1.82) is 0 Å². The lowest BCUT2D eigenvalue weighted by Gasteiger charge is -2.11. The Morgan fingerprint density at radius 3 is 2.42 bits per heavy atom. The lowest BCUT2D eigenvalue weighted by molar-refractivity contribution is 0.0696. The van der Waals surface area contributed by atoms with Crippen molar-refractivity contribution in [2.75, 3.05) is 0 Å². The van der Waals surface area contributed by atoms with Crippen molar-refractivity contribution in [1.82, 2.24) is 0 Å². The molecule has 98 valence electrons. The van der Waals surface area contributed by atoms with E-state index in [1.165, 1.54) is 12.1 Å². The van der Waals surface area contributed by atoms with E-state index in [4.69, 9.17) is 33.0 Å². The van der Waals surface area contributed by atoms with Gasteiger partial charge in [-0.05, 0) is 17.7 Å². The van der Waals surface area contributed by atoms with Crippen LogP contribution in [0.5, 0.6) is 5.75 Å². The first kappa shape index (κ1) is 13.7. The highest BCUT2D eigenvalue weighted by molar-refractivity contribution is 6.39. The smallest absolute Gasteiger partial charge is 0.337 e. The fourth-order valence-electron chi connectivity index (χ4n) is 1.56. The first-order chi connectivity index (χ1) is 9.09. The van der Waals surface area contributed by atoms with E-state index >= 15 is 0 Å². The maximum absolute atomic E-state index is 11.0. The average Bonchev–Trinajstić information content (AvgIpc) is 2.39. The molecule has 2 rings (SSSR count). The Morgan fingerprint density at radius 1 is 1.11 bits per heavy atom. The molecule has 2 aromatic carbocycles. The zero-order valence-electron chi connectivity index (χ0n) is 9.77. The van der Waals surface area contributed by atoms with Crippen molar-refractivity contribution in [2.24, 2.45) is 0 Å². The Kier molecular flexibility index (Phi) is 4.30. The first-order valence-electron chi connectivity index (χ1n) is 5.47. The van der Waals surface area contributed by atoms with Crippen molar-refractivity contribution >= 4 is 29.2 Å². The molecule has 2 aromatic rings. The summed E-state index contributed by atoms with van der Waals surface area (Å²) in [6, 6.07) is 12.3. The zero-order chi connectivity index (χ0) is 13.8. The topological polar surface area (TPSA) is 46.5 Å². The number of benzene rings is 2. The van der Waals surface area contributed by atoms with Crippen LogP contribution in [0.3, 0.4) is 0 Å². The molecule has 19 heavy (non-hydrogen) atoms. The van der Waals surface area contributed by atoms with E-state index in [1.807, 2.05) is 30.3 Å². The van der Waals surface area contributed by atoms with Crippen molar-refractivity contribution in [3.05, 3.63) is 63.6 Å². The van der Waals surface area contributed by atoms with Gasteiger partial charge in [-0.25, -0.2) is 4.79 Å². The number of carboxylic acid groups (broad SMARTS) is 1. The minimum Gasteiger partial charge on any atom is -0.486 e. The van der Waals surface area contributed by atoms with Gasteiger partial charge < -0.3 is 9.84 Å². The lowest BCUT2D eigenvalue weighted by atomic mass is 10.2. The number of hydrogen-bond donors (Lipinski definition) is 1. The number of halogens is 2. The van der Waals surface area contributed by atoms with Crippen LogP contribution in [-0.4, -0.2) is 11.1 Å². The van der Waals surface area contributed by atoms with Gasteiger partial charge in [-0.2, -0.15) is 0 Å². The van der Waals surface area contributed by atoms with Gasteiger partial charge in [0.05, 0.1) is 15.6 Å². The minimum absolute atomic E-state index is 0.0101. The van der Waals surface area contributed by atoms with Gasteiger partial charge in [0, 0.05) is 0 Å². The Morgan fingerprint density at radius 2 is 1.79 bits per heavy atom. The third-order valence-corrected chi connectivity index (χ3v) is 3.18. The van der Waals surface area contributed by atoms with Crippen LogP contribution in [0.4, 0.5) is 0 Å². The standard InChI is InChI=1S/C14H10Cl2O3/c15-11-7-6-10(14(17)18)12(16)13(11)19-8-9-4-2-1-3-5-9/h1-7H,8H2,(H,17,18). The second-order valence-corrected chi connectivity index (χ2v) is 4.60. The Bertz CT molecular complexity index is 597. The molecule has 0 bridgehead atoms. The zero-order valence-corrected chi connectivity index (χ0v) is 11.3. The lowest BCUT2D eigenvalue weighted by Crippen LogP contribution is -2.02. The molecule has 0 radical (unpaired) electrons. The average molecular weight is 297 g/mol. The van der Waals surface area contributed by atoms with E-state index in [0.717, 1.165) is 5.56 Å². The molecule has 0 atom stereocenters. The van der Waals surface area contributed by atoms with Gasteiger partial charge in [0.2, 0.25) is 0 Å². The number of carboxylic acids is 1. The highest BCUT2D eigenvalue weighted by Crippen LogP contribution is 2.36. The molecule has 0 spiro atoms. The molecule has 1 N–H and O–H groups in total. The molecule has 0 amide bonds. The van der Waals surface area contributed by atoms with Crippen LogP contribution in [0.15, 0.2) is 42.5 Å². The second kappa shape index (κ2) is 5.95. The van der Waals surface area contributed by atoms with Gasteiger partial charge in [-0.3, -0.25) is 0 Å². The molecule has 0 heterocycles. The molecule has 0 saturated heterocycles. The van der Waals surface area contributed by atoms with E-state index in [-0.39, 0.29) is 28.0 Å². The fraction of sp³-hybridized carbons (Fsp3) is 0.0714. The molecule has 0 unspecified atom stereocenters. The normalized spacial score (nSPS) is 10.2. The monoisotopic (exact) mass is 296 g/mol. The van der Waals surface area contributed by atoms with Crippen LogP contribution in [-0.2, 0) is 6.61 Å². The first-order valence-corrected chi connectivity index (χ1v) is 6.23. The molecule has 0 aliphatic rings. The van der Waals surface area contributed by atoms with Crippen LogP contribution in [0, 0.1) is 0 Å². The summed E-state index contributed by atoms with van der Waals surface area (Å²) in [5, 5.41) is 9.28. The fourth-order valence-corrected chi connectivity index (χ4v) is 2.12. The molecule has 0 aliphatic carbocycles. The van der Waals surface area contributed by atoms with E-state index in [9.17, 15) is 4.79 Å². The van der Waals surface area contributed by atoms with Crippen molar-refractivity contribution in [3.63, 3.8) is 0 Å². The van der Waals surface area contributed by atoms with E-state index in [2.05, 4.69) is 0 Å². The summed E-state index contributed by atoms with van der Waals surface area (Å²) in [5.41, 5.74) is 0.907. The summed E-state index contributed by atoms with van der Waals surface area (Å²) in [6.45, 7) is 0.267. The molecule has 3 nitrogen and oxygen atoms in total. The van der Waals surface area contributed by atoms with Crippen LogP contribution >= 0.6 is 23.2 Å². The third kappa shape index (κ3) is 3.19. The quantitative estimate of drug-likeness (QED) is 0.916. The number of carbonyl (C=O) groups is 1. The number of ether oxygens (including phenoxy) is 1. The predicted octanol–water partition coefficient (Wildman–Crippen LogP) is 4.27. The summed E-state index contributed by atoms with van der Waals surface area (Å²) >= 11 is 12.0. The summed E-state index contributed by atoms with van der Waals surface area (Å²) in [4.78, 5) is 11.0. The molecule has 0 saturated carbocycles. The number of hydrogen-bond acceptors (Lipinski definition) is 2. The van der Waals surface area contributed by atoms with Crippen LogP contribution in [0.25, 0.3) is 0 Å². The van der Waals surface area contributed by atoms with Gasteiger partial charge in [0.25, 0.3) is 0 Å². The summed E-state index contributed by atoms with van der Waals surface area (Å²) in [7, 11) is 0. The molecular formula is C14H10Cl2O3. The predicted molar refractivity (Wildman–Crippen MR) is 74.2 cm³/mol. The Labute approximate surface area is 120 Å². The van der Waals surface area contributed by atoms with Crippen molar-refractivity contribution in [3.8, 4) is 5.75 Å². The van der Waals surface area contributed by atoms with Gasteiger partial charge in [-0.1, -0.05) is 53.5 Å². The number of aromatic carboxylic acids is 1.